The average Bonchev–Trinajstić information content (AvgIpc) is 2.24. The zero-order chi connectivity index (χ0) is 13.8. The third kappa shape index (κ3) is 5.01. The van der Waals surface area contributed by atoms with Gasteiger partial charge in [0.15, 0.2) is 0 Å². The van der Waals surface area contributed by atoms with Gasteiger partial charge in [0.1, 0.15) is 0 Å². The van der Waals surface area contributed by atoms with Gasteiger partial charge in [-0.25, -0.2) is 0 Å². The lowest BCUT2D eigenvalue weighted by Gasteiger charge is -2.29. The summed E-state index contributed by atoms with van der Waals surface area (Å²) in [7, 11) is 0. The maximum Gasteiger partial charge on any atom is 0.306 e. The quantitative estimate of drug-likeness (QED) is 0.543. The molecule has 1 heterocycles. The van der Waals surface area contributed by atoms with Gasteiger partial charge >= 0.3 is 5.97 Å². The second-order valence-corrected chi connectivity index (χ2v) is 5.42. The molecule has 0 radical (unpaired) electrons. The molecule has 0 aromatic rings. The Morgan fingerprint density at radius 2 is 2.17 bits per heavy atom. The Hall–Kier alpha value is -1.14. The van der Waals surface area contributed by atoms with Crippen molar-refractivity contribution < 1.29 is 19.8 Å². The van der Waals surface area contributed by atoms with Gasteiger partial charge in [-0.15, -0.1) is 0 Å². The van der Waals surface area contributed by atoms with Gasteiger partial charge in [0, 0.05) is 6.54 Å². The van der Waals surface area contributed by atoms with E-state index in [-0.39, 0.29) is 24.9 Å². The molecule has 3 atom stereocenters. The van der Waals surface area contributed by atoms with Gasteiger partial charge in [0.05, 0.1) is 18.1 Å². The van der Waals surface area contributed by atoms with Crippen molar-refractivity contribution in [1.82, 2.24) is 10.6 Å². The van der Waals surface area contributed by atoms with Gasteiger partial charge in [-0.2, -0.15) is 0 Å². The Morgan fingerprint density at radius 3 is 2.72 bits per heavy atom. The first-order chi connectivity index (χ1) is 8.30. The molecule has 0 aromatic heterocycles. The standard InChI is InChI=1S/C12H22N2O4/c1-8-3-4-13-9(5-8)11(17)14-7-12(2,18)6-10(15)16/h8-9,13,18H,3-7H2,1-2H3,(H,14,17)(H,15,16). The zero-order valence-electron chi connectivity index (χ0n) is 10.9. The summed E-state index contributed by atoms with van der Waals surface area (Å²) in [6.07, 6.45) is 1.44. The van der Waals surface area contributed by atoms with Crippen molar-refractivity contribution in [3.05, 3.63) is 0 Å². The van der Waals surface area contributed by atoms with Gasteiger partial charge in [0.25, 0.3) is 0 Å². The molecule has 6 nitrogen and oxygen atoms in total. The van der Waals surface area contributed by atoms with Gasteiger partial charge in [-0.3, -0.25) is 9.59 Å². The lowest BCUT2D eigenvalue weighted by molar-refractivity contribution is -0.142. The second-order valence-electron chi connectivity index (χ2n) is 5.42. The summed E-state index contributed by atoms with van der Waals surface area (Å²) < 4.78 is 0. The topological polar surface area (TPSA) is 98.7 Å². The molecule has 0 aliphatic carbocycles. The normalized spacial score (nSPS) is 27.3. The summed E-state index contributed by atoms with van der Waals surface area (Å²) in [5.74, 6) is -0.757. The van der Waals surface area contributed by atoms with Crippen molar-refractivity contribution in [3.63, 3.8) is 0 Å². The number of carbonyl (C=O) groups excluding carboxylic acids is 1. The lowest BCUT2D eigenvalue weighted by Crippen LogP contribution is -2.51. The number of hydrogen-bond donors (Lipinski definition) is 4. The van der Waals surface area contributed by atoms with Gasteiger partial charge in [-0.1, -0.05) is 6.92 Å². The number of hydrogen-bond acceptors (Lipinski definition) is 4. The van der Waals surface area contributed by atoms with Crippen LogP contribution in [0.3, 0.4) is 0 Å². The van der Waals surface area contributed by atoms with E-state index in [4.69, 9.17) is 5.11 Å². The van der Waals surface area contributed by atoms with Crippen molar-refractivity contribution in [1.29, 1.82) is 0 Å². The highest BCUT2D eigenvalue weighted by atomic mass is 16.4. The van der Waals surface area contributed by atoms with E-state index >= 15 is 0 Å². The number of aliphatic carboxylic acids is 1. The molecule has 0 saturated carbocycles. The molecule has 6 heteroatoms. The Labute approximate surface area is 107 Å². The number of carboxylic acids is 1. The van der Waals surface area contributed by atoms with E-state index in [0.29, 0.717) is 5.92 Å². The molecule has 0 bridgehead atoms. The fourth-order valence-corrected chi connectivity index (χ4v) is 2.10. The van der Waals surface area contributed by atoms with E-state index in [9.17, 15) is 14.7 Å². The number of carboxylic acid groups (broad SMARTS) is 1. The smallest absolute Gasteiger partial charge is 0.306 e. The molecule has 1 amide bonds. The number of aliphatic hydroxyl groups is 1. The minimum Gasteiger partial charge on any atom is -0.481 e. The van der Waals surface area contributed by atoms with Crippen LogP contribution in [0, 0.1) is 5.92 Å². The molecule has 4 N–H and O–H groups in total. The van der Waals surface area contributed by atoms with Crippen LogP contribution in [0.4, 0.5) is 0 Å². The molecule has 1 aliphatic rings. The predicted molar refractivity (Wildman–Crippen MR) is 66.1 cm³/mol. The maximum absolute atomic E-state index is 11.8. The highest BCUT2D eigenvalue weighted by Crippen LogP contribution is 2.15. The highest BCUT2D eigenvalue weighted by molar-refractivity contribution is 5.82. The molecule has 1 aliphatic heterocycles. The Bertz CT molecular complexity index is 317. The van der Waals surface area contributed by atoms with E-state index in [1.165, 1.54) is 6.92 Å². The third-order valence-electron chi connectivity index (χ3n) is 3.16. The van der Waals surface area contributed by atoms with Crippen LogP contribution in [-0.4, -0.2) is 46.8 Å². The molecule has 1 fully saturated rings. The molecule has 1 saturated heterocycles. The van der Waals surface area contributed by atoms with Crippen LogP contribution >= 0.6 is 0 Å². The van der Waals surface area contributed by atoms with Crippen LogP contribution in [0.25, 0.3) is 0 Å². The van der Waals surface area contributed by atoms with E-state index < -0.39 is 11.6 Å². The second kappa shape index (κ2) is 6.15. The molecule has 18 heavy (non-hydrogen) atoms. The van der Waals surface area contributed by atoms with Crippen LogP contribution in [-0.2, 0) is 9.59 Å². The number of nitrogens with one attached hydrogen (secondary N) is 2. The number of rotatable bonds is 5. The average molecular weight is 258 g/mol. The molecular weight excluding hydrogens is 236 g/mol. The summed E-state index contributed by atoms with van der Waals surface area (Å²) in [5, 5.41) is 24.1. The molecular formula is C12H22N2O4. The van der Waals surface area contributed by atoms with E-state index in [2.05, 4.69) is 17.6 Å². The van der Waals surface area contributed by atoms with Crippen molar-refractivity contribution in [2.75, 3.05) is 13.1 Å². The molecule has 0 aromatic carbocycles. The van der Waals surface area contributed by atoms with Gasteiger partial charge < -0.3 is 20.8 Å². The highest BCUT2D eigenvalue weighted by Gasteiger charge is 2.28. The Balaban J connectivity index is 2.38. The number of piperidine rings is 1. The van der Waals surface area contributed by atoms with E-state index in [1.807, 2.05) is 0 Å². The van der Waals surface area contributed by atoms with Crippen LogP contribution in [0.5, 0.6) is 0 Å². The van der Waals surface area contributed by atoms with Crippen LogP contribution in [0.1, 0.15) is 33.1 Å². The summed E-state index contributed by atoms with van der Waals surface area (Å²) in [5.41, 5.74) is -1.41. The van der Waals surface area contributed by atoms with Crippen molar-refractivity contribution in [3.8, 4) is 0 Å². The van der Waals surface area contributed by atoms with Crippen LogP contribution in [0.15, 0.2) is 0 Å². The maximum atomic E-state index is 11.8. The monoisotopic (exact) mass is 258 g/mol. The Morgan fingerprint density at radius 1 is 1.50 bits per heavy atom. The number of carbonyl (C=O) groups is 2. The van der Waals surface area contributed by atoms with E-state index in [1.54, 1.807) is 0 Å². The predicted octanol–water partition coefficient (Wildman–Crippen LogP) is -0.284. The summed E-state index contributed by atoms with van der Waals surface area (Å²) in [6, 6.07) is -0.241. The molecule has 0 spiro atoms. The Kier molecular flexibility index (Phi) is 5.10. The van der Waals surface area contributed by atoms with Gasteiger partial charge in [0.2, 0.25) is 5.91 Å². The van der Waals surface area contributed by atoms with Crippen LogP contribution in [0.2, 0.25) is 0 Å². The van der Waals surface area contributed by atoms with Crippen molar-refractivity contribution >= 4 is 11.9 Å². The summed E-state index contributed by atoms with van der Waals surface area (Å²) in [4.78, 5) is 22.4. The first kappa shape index (κ1) is 14.9. The van der Waals surface area contributed by atoms with E-state index in [0.717, 1.165) is 19.4 Å². The largest absolute Gasteiger partial charge is 0.481 e. The fourth-order valence-electron chi connectivity index (χ4n) is 2.10. The van der Waals surface area contributed by atoms with Gasteiger partial charge in [-0.05, 0) is 32.2 Å². The minimum atomic E-state index is -1.41. The van der Waals surface area contributed by atoms with Crippen molar-refractivity contribution in [2.24, 2.45) is 5.92 Å². The SMILES string of the molecule is CC1CCNC(C(=O)NCC(C)(O)CC(=O)O)C1. The minimum absolute atomic E-state index is 0.0509. The van der Waals surface area contributed by atoms with Crippen molar-refractivity contribution in [2.45, 2.75) is 44.8 Å². The lowest BCUT2D eigenvalue weighted by atomic mass is 9.93. The van der Waals surface area contributed by atoms with Crippen LogP contribution < -0.4 is 10.6 Å². The fraction of sp³-hybridized carbons (Fsp3) is 0.833. The molecule has 3 unspecified atom stereocenters. The summed E-state index contributed by atoms with van der Waals surface area (Å²) >= 11 is 0. The first-order valence-corrected chi connectivity index (χ1v) is 6.25. The number of amides is 1. The third-order valence-corrected chi connectivity index (χ3v) is 3.16. The molecule has 104 valence electrons. The first-order valence-electron chi connectivity index (χ1n) is 6.25. The zero-order valence-corrected chi connectivity index (χ0v) is 10.9. The molecule has 1 rings (SSSR count). The summed E-state index contributed by atoms with van der Waals surface area (Å²) in [6.45, 7) is 4.26.